The van der Waals surface area contributed by atoms with E-state index in [0.717, 1.165) is 49.8 Å². The number of benzene rings is 1. The number of nitrogens with zero attached hydrogens (tertiary/aromatic N) is 4. The van der Waals surface area contributed by atoms with Gasteiger partial charge in [-0.05, 0) is 5.92 Å². The van der Waals surface area contributed by atoms with Crippen molar-refractivity contribution in [1.82, 2.24) is 30.9 Å². The summed E-state index contributed by atoms with van der Waals surface area (Å²) in [6.07, 6.45) is 1.62. The Balaban J connectivity index is 1.37. The fourth-order valence-corrected chi connectivity index (χ4v) is 3.73. The summed E-state index contributed by atoms with van der Waals surface area (Å²) in [6.45, 7) is 13.1. The molecule has 2 aromatic heterocycles. The molecule has 0 saturated carbocycles. The number of hydrogen-bond acceptors (Lipinski definition) is 9. The molecule has 202 valence electrons. The molecule has 1 saturated heterocycles. The van der Waals surface area contributed by atoms with Crippen molar-refractivity contribution in [2.75, 3.05) is 39.5 Å². The molecule has 0 amide bonds. The molecule has 1 aromatic carbocycles. The van der Waals surface area contributed by atoms with Crippen LogP contribution in [0, 0.1) is 0 Å². The van der Waals surface area contributed by atoms with Crippen molar-refractivity contribution in [3.05, 3.63) is 78.3 Å². The number of hydrogen-bond donors (Lipinski definition) is 4. The van der Waals surface area contributed by atoms with Crippen LogP contribution in [0.15, 0.2) is 76.3 Å². The Hall–Kier alpha value is -4.09. The molecule has 0 atom stereocenters. The second-order valence-corrected chi connectivity index (χ2v) is 9.19. The number of aromatic nitrogens is 3. The number of nitrogens with two attached hydrogens (primary N) is 1. The topological polar surface area (TPSA) is 139 Å². The number of rotatable bonds is 13. The van der Waals surface area contributed by atoms with E-state index in [-0.39, 0.29) is 5.84 Å². The third-order valence-electron chi connectivity index (χ3n) is 5.88. The maximum atomic E-state index is 6.20. The van der Waals surface area contributed by atoms with Crippen LogP contribution in [-0.4, -0.2) is 65.5 Å². The highest BCUT2D eigenvalue weighted by molar-refractivity contribution is 5.93. The molecule has 4 rings (SSSR count). The Bertz CT molecular complexity index is 1230. The van der Waals surface area contributed by atoms with Crippen LogP contribution in [0.4, 0.5) is 5.82 Å². The third-order valence-corrected chi connectivity index (χ3v) is 5.88. The summed E-state index contributed by atoms with van der Waals surface area (Å²) in [6, 6.07) is 13.6. The van der Waals surface area contributed by atoms with Crippen molar-refractivity contribution in [1.29, 1.82) is 0 Å². The van der Waals surface area contributed by atoms with Gasteiger partial charge in [0.15, 0.2) is 17.5 Å². The van der Waals surface area contributed by atoms with E-state index < -0.39 is 0 Å². The van der Waals surface area contributed by atoms with Crippen molar-refractivity contribution in [2.24, 2.45) is 10.7 Å². The number of amidine groups is 1. The minimum Gasteiger partial charge on any atom is -0.477 e. The van der Waals surface area contributed by atoms with E-state index in [2.05, 4.69) is 56.3 Å². The summed E-state index contributed by atoms with van der Waals surface area (Å²) in [5, 5.41) is 17.7. The molecular weight excluding hydrogens is 484 g/mol. The number of H-pyrrole nitrogens is 1. The molecule has 0 radical (unpaired) electrons. The molecule has 11 nitrogen and oxygen atoms in total. The summed E-state index contributed by atoms with van der Waals surface area (Å²) in [7, 11) is 0. The minimum atomic E-state index is 0.246. The molecule has 0 unspecified atom stereocenters. The molecule has 11 heteroatoms. The highest BCUT2D eigenvalue weighted by Crippen LogP contribution is 2.19. The van der Waals surface area contributed by atoms with Gasteiger partial charge in [-0.2, -0.15) is 5.10 Å². The van der Waals surface area contributed by atoms with Gasteiger partial charge in [-0.15, -0.1) is 0 Å². The molecule has 0 bridgehead atoms. The Morgan fingerprint density at radius 1 is 1.26 bits per heavy atom. The third kappa shape index (κ3) is 8.22. The lowest BCUT2D eigenvalue weighted by Crippen LogP contribution is -2.38. The number of aliphatic imine (C=N–C) groups is 1. The summed E-state index contributed by atoms with van der Waals surface area (Å²) in [5.41, 5.74) is 8.96. The molecule has 38 heavy (non-hydrogen) atoms. The predicted octanol–water partition coefficient (Wildman–Crippen LogP) is 3.22. The summed E-state index contributed by atoms with van der Waals surface area (Å²) < 4.78 is 16.9. The van der Waals surface area contributed by atoms with Crippen molar-refractivity contribution in [2.45, 2.75) is 26.3 Å². The van der Waals surface area contributed by atoms with E-state index in [0.29, 0.717) is 42.4 Å². The first-order valence-corrected chi connectivity index (χ1v) is 12.7. The normalized spacial score (nSPS) is 15.0. The summed E-state index contributed by atoms with van der Waals surface area (Å²) in [5.74, 6) is 2.66. The van der Waals surface area contributed by atoms with Gasteiger partial charge in [0.2, 0.25) is 0 Å². The van der Waals surface area contributed by atoms with E-state index in [1.54, 1.807) is 6.08 Å². The van der Waals surface area contributed by atoms with Crippen molar-refractivity contribution in [3.8, 4) is 11.3 Å². The largest absolute Gasteiger partial charge is 0.477 e. The van der Waals surface area contributed by atoms with Crippen molar-refractivity contribution < 1.29 is 14.0 Å². The SMILES string of the molecule is C=C(NCc1cc(-c2ccccc2)no1)NC(=CC(N)=Nc1cc(C(C)C)[nH]n1)OCCN1CCOCC1. The lowest BCUT2D eigenvalue weighted by Gasteiger charge is -2.26. The average Bonchev–Trinajstić information content (AvgIpc) is 3.59. The lowest BCUT2D eigenvalue weighted by molar-refractivity contribution is 0.0267. The zero-order valence-electron chi connectivity index (χ0n) is 21.9. The fourth-order valence-electron chi connectivity index (χ4n) is 3.73. The maximum Gasteiger partial charge on any atom is 0.195 e. The highest BCUT2D eigenvalue weighted by Gasteiger charge is 2.12. The van der Waals surface area contributed by atoms with Crippen LogP contribution in [0.5, 0.6) is 0 Å². The van der Waals surface area contributed by atoms with Crippen LogP contribution in [0.3, 0.4) is 0 Å². The fraction of sp³-hybridized carbons (Fsp3) is 0.370. The number of ether oxygens (including phenoxy) is 2. The first-order valence-electron chi connectivity index (χ1n) is 12.7. The van der Waals surface area contributed by atoms with Gasteiger partial charge < -0.3 is 30.4 Å². The van der Waals surface area contributed by atoms with Crippen molar-refractivity contribution in [3.63, 3.8) is 0 Å². The molecule has 1 aliphatic rings. The molecule has 0 spiro atoms. The Kier molecular flexibility index (Phi) is 9.54. The molecule has 1 fully saturated rings. The number of morpholine rings is 1. The second-order valence-electron chi connectivity index (χ2n) is 9.19. The number of aromatic amines is 1. The summed E-state index contributed by atoms with van der Waals surface area (Å²) in [4.78, 5) is 6.68. The second kappa shape index (κ2) is 13.5. The van der Waals surface area contributed by atoms with Crippen LogP contribution >= 0.6 is 0 Å². The zero-order valence-corrected chi connectivity index (χ0v) is 21.9. The smallest absolute Gasteiger partial charge is 0.195 e. The minimum absolute atomic E-state index is 0.246. The van der Waals surface area contributed by atoms with Gasteiger partial charge in [-0.25, -0.2) is 4.99 Å². The maximum absolute atomic E-state index is 6.20. The van der Waals surface area contributed by atoms with Gasteiger partial charge in [-0.1, -0.05) is 55.9 Å². The number of nitrogens with one attached hydrogen (secondary N) is 3. The van der Waals surface area contributed by atoms with E-state index in [4.69, 9.17) is 19.7 Å². The lowest BCUT2D eigenvalue weighted by atomic mass is 10.1. The summed E-state index contributed by atoms with van der Waals surface area (Å²) >= 11 is 0. The van der Waals surface area contributed by atoms with Crippen molar-refractivity contribution >= 4 is 11.7 Å². The molecule has 3 aromatic rings. The van der Waals surface area contributed by atoms with Gasteiger partial charge in [0.1, 0.15) is 18.1 Å². The Morgan fingerprint density at radius 2 is 2.05 bits per heavy atom. The van der Waals surface area contributed by atoms with E-state index >= 15 is 0 Å². The molecule has 0 aliphatic carbocycles. The standard InChI is InChI=1S/C27H36N8O3/c1-19(2)23-16-26(33-32-23)31-25(28)17-27(37-14-11-35-9-12-36-13-10-35)30-20(3)29-18-22-15-24(34-38-22)21-7-5-4-6-8-21/h4-8,15-17,19,29-30H,3,9-14,18H2,1-2H3,(H3,28,31,32,33). The van der Waals surface area contributed by atoms with E-state index in [1.165, 1.54) is 0 Å². The van der Waals surface area contributed by atoms with E-state index in [9.17, 15) is 0 Å². The Morgan fingerprint density at radius 3 is 2.79 bits per heavy atom. The monoisotopic (exact) mass is 520 g/mol. The highest BCUT2D eigenvalue weighted by atomic mass is 16.5. The van der Waals surface area contributed by atoms with Gasteiger partial charge in [0, 0.05) is 49.1 Å². The predicted molar refractivity (Wildman–Crippen MR) is 146 cm³/mol. The molecular formula is C27H36N8O3. The van der Waals surface area contributed by atoms with Crippen LogP contribution in [0.25, 0.3) is 11.3 Å². The first kappa shape index (κ1) is 27.0. The first-order chi connectivity index (χ1) is 18.5. The van der Waals surface area contributed by atoms with Gasteiger partial charge in [-0.3, -0.25) is 10.00 Å². The van der Waals surface area contributed by atoms with Gasteiger partial charge >= 0.3 is 0 Å². The quantitative estimate of drug-likeness (QED) is 0.152. The Labute approximate surface area is 222 Å². The van der Waals surface area contributed by atoms with Crippen LogP contribution in [0.1, 0.15) is 31.2 Å². The van der Waals surface area contributed by atoms with Crippen LogP contribution in [-0.2, 0) is 16.0 Å². The van der Waals surface area contributed by atoms with E-state index in [1.807, 2.05) is 42.5 Å². The van der Waals surface area contributed by atoms with Crippen LogP contribution in [0.2, 0.25) is 0 Å². The van der Waals surface area contributed by atoms with Gasteiger partial charge in [0.25, 0.3) is 0 Å². The zero-order chi connectivity index (χ0) is 26.7. The average molecular weight is 521 g/mol. The van der Waals surface area contributed by atoms with Crippen LogP contribution < -0.4 is 16.4 Å². The molecule has 1 aliphatic heterocycles. The molecule has 5 N–H and O–H groups in total. The molecule has 3 heterocycles. The van der Waals surface area contributed by atoms with Gasteiger partial charge in [0.05, 0.1) is 25.6 Å².